The summed E-state index contributed by atoms with van der Waals surface area (Å²) in [6.07, 6.45) is 8.28. The fourth-order valence-corrected chi connectivity index (χ4v) is 2.78. The maximum absolute atomic E-state index is 10.7. The average molecular weight is 369 g/mol. The number of fused-ring (bicyclic) bond motifs is 1. The molecule has 0 saturated carbocycles. The molecule has 0 aromatic carbocycles. The zero-order valence-corrected chi connectivity index (χ0v) is 16.1. The van der Waals surface area contributed by atoms with E-state index in [0.29, 0.717) is 12.5 Å². The number of hydrogen-bond acceptors (Lipinski definition) is 4. The van der Waals surface area contributed by atoms with E-state index in [0.717, 1.165) is 29.9 Å². The van der Waals surface area contributed by atoms with Gasteiger partial charge in [0, 0.05) is 50.7 Å². The van der Waals surface area contributed by atoms with Crippen LogP contribution in [0.4, 0.5) is 0 Å². The van der Waals surface area contributed by atoms with Gasteiger partial charge in [-0.15, -0.1) is 0 Å². The molecule has 0 fully saturated rings. The molecule has 0 bridgehead atoms. The molecule has 1 unspecified atom stereocenters. The van der Waals surface area contributed by atoms with Crippen molar-refractivity contribution in [3.05, 3.63) is 54.2 Å². The third kappa shape index (κ3) is 4.85. The Morgan fingerprint density at radius 3 is 2.85 bits per heavy atom. The quantitative estimate of drug-likeness (QED) is 0.428. The lowest BCUT2D eigenvalue weighted by Gasteiger charge is -2.20. The Bertz CT molecular complexity index is 877. The predicted molar refractivity (Wildman–Crippen MR) is 106 cm³/mol. The van der Waals surface area contributed by atoms with Gasteiger partial charge in [-0.3, -0.25) is 4.68 Å². The minimum atomic E-state index is -1.07. The van der Waals surface area contributed by atoms with Crippen LogP contribution in [0.3, 0.4) is 0 Å². The summed E-state index contributed by atoms with van der Waals surface area (Å²) >= 11 is 0. The summed E-state index contributed by atoms with van der Waals surface area (Å²) in [6, 6.07) is 5.96. The van der Waals surface area contributed by atoms with Gasteiger partial charge in [0.2, 0.25) is 0 Å². The Morgan fingerprint density at radius 1 is 1.30 bits per heavy atom. The maximum atomic E-state index is 10.7. The molecule has 0 aliphatic carbocycles. The van der Waals surface area contributed by atoms with E-state index in [1.807, 2.05) is 49.0 Å². The van der Waals surface area contributed by atoms with Crippen LogP contribution >= 0.6 is 0 Å². The van der Waals surface area contributed by atoms with Crippen molar-refractivity contribution in [1.82, 2.24) is 29.8 Å². The molecule has 8 heteroatoms. The summed E-state index contributed by atoms with van der Waals surface area (Å²) < 4.78 is 3.69. The first kappa shape index (κ1) is 18.9. The second kappa shape index (κ2) is 8.22. The summed E-state index contributed by atoms with van der Waals surface area (Å²) in [5.41, 5.74) is 1.64. The van der Waals surface area contributed by atoms with Gasteiger partial charge in [-0.1, -0.05) is 6.07 Å². The Hall–Kier alpha value is -2.87. The highest BCUT2D eigenvalue weighted by molar-refractivity contribution is 5.79. The molecule has 0 aliphatic rings. The molecule has 3 aromatic rings. The summed E-state index contributed by atoms with van der Waals surface area (Å²) in [5.74, 6) is 0.672. The normalized spacial score (nSPS) is 14.3. The molecule has 0 saturated heterocycles. The third-order valence-electron chi connectivity index (χ3n) is 4.30. The number of aryl methyl sites for hydroxylation is 1. The minimum absolute atomic E-state index is 0.238. The SMILES string of the molecule is CCNC(=NCC(C)(O)c1cnn(C)c1)NCCc1cn2ccccc2n1. The number of imidazole rings is 1. The summed E-state index contributed by atoms with van der Waals surface area (Å²) in [7, 11) is 1.83. The molecule has 3 rings (SSSR count). The third-order valence-corrected chi connectivity index (χ3v) is 4.30. The zero-order chi connectivity index (χ0) is 19.3. The van der Waals surface area contributed by atoms with E-state index in [4.69, 9.17) is 0 Å². The number of rotatable bonds is 7. The molecule has 27 heavy (non-hydrogen) atoms. The van der Waals surface area contributed by atoms with Crippen molar-refractivity contribution < 1.29 is 5.11 Å². The summed E-state index contributed by atoms with van der Waals surface area (Å²) in [6.45, 7) is 5.44. The Balaban J connectivity index is 1.58. The number of hydrogen-bond donors (Lipinski definition) is 3. The summed E-state index contributed by atoms with van der Waals surface area (Å²) in [5, 5.41) is 21.3. The van der Waals surface area contributed by atoms with Gasteiger partial charge in [0.15, 0.2) is 5.96 Å². The van der Waals surface area contributed by atoms with Crippen molar-refractivity contribution >= 4 is 11.6 Å². The second-order valence-corrected chi connectivity index (χ2v) is 6.75. The first-order valence-electron chi connectivity index (χ1n) is 9.14. The first-order chi connectivity index (χ1) is 13.0. The maximum Gasteiger partial charge on any atom is 0.191 e. The Labute approximate surface area is 159 Å². The van der Waals surface area contributed by atoms with Crippen molar-refractivity contribution in [2.24, 2.45) is 12.0 Å². The van der Waals surface area contributed by atoms with Crippen LogP contribution in [-0.4, -0.2) is 49.9 Å². The van der Waals surface area contributed by atoms with E-state index in [1.54, 1.807) is 24.0 Å². The molecule has 144 valence electrons. The van der Waals surface area contributed by atoms with Crippen LogP contribution in [0.5, 0.6) is 0 Å². The number of nitrogens with zero attached hydrogens (tertiary/aromatic N) is 5. The molecule has 3 N–H and O–H groups in total. The average Bonchev–Trinajstić information content (AvgIpc) is 3.26. The standard InChI is InChI=1S/C19H27N7O/c1-4-20-18(22-14-19(2,27)15-11-23-25(3)12-15)21-9-8-16-13-26-10-6-5-7-17(26)24-16/h5-7,10-13,27H,4,8-9,14H2,1-3H3,(H2,20,21,22). The van der Waals surface area contributed by atoms with Gasteiger partial charge in [0.25, 0.3) is 0 Å². The van der Waals surface area contributed by atoms with Gasteiger partial charge in [-0.05, 0) is 26.0 Å². The van der Waals surface area contributed by atoms with Crippen LogP contribution < -0.4 is 10.6 Å². The molecule has 3 heterocycles. The first-order valence-corrected chi connectivity index (χ1v) is 9.14. The molecule has 3 aromatic heterocycles. The topological polar surface area (TPSA) is 91.8 Å². The molecular formula is C19H27N7O. The van der Waals surface area contributed by atoms with Gasteiger partial charge >= 0.3 is 0 Å². The fraction of sp³-hybridized carbons (Fsp3) is 0.421. The summed E-state index contributed by atoms with van der Waals surface area (Å²) in [4.78, 5) is 9.12. The zero-order valence-electron chi connectivity index (χ0n) is 16.1. The van der Waals surface area contributed by atoms with Gasteiger partial charge < -0.3 is 20.1 Å². The molecule has 1 atom stereocenters. The highest BCUT2D eigenvalue weighted by Crippen LogP contribution is 2.19. The lowest BCUT2D eigenvalue weighted by atomic mass is 10.0. The predicted octanol–water partition coefficient (Wildman–Crippen LogP) is 1.07. The van der Waals surface area contributed by atoms with Crippen molar-refractivity contribution in [3.8, 4) is 0 Å². The number of guanidine groups is 1. The van der Waals surface area contributed by atoms with Crippen LogP contribution in [0.2, 0.25) is 0 Å². The molecular weight excluding hydrogens is 342 g/mol. The number of aromatic nitrogens is 4. The van der Waals surface area contributed by atoms with E-state index in [1.165, 1.54) is 0 Å². The van der Waals surface area contributed by atoms with Gasteiger partial charge in [0.1, 0.15) is 11.2 Å². The molecule has 0 amide bonds. The van der Waals surface area contributed by atoms with E-state index in [9.17, 15) is 5.11 Å². The van der Waals surface area contributed by atoms with E-state index < -0.39 is 5.60 Å². The van der Waals surface area contributed by atoms with Crippen molar-refractivity contribution in [2.45, 2.75) is 25.9 Å². The van der Waals surface area contributed by atoms with E-state index in [-0.39, 0.29) is 6.54 Å². The van der Waals surface area contributed by atoms with Crippen molar-refractivity contribution in [1.29, 1.82) is 0 Å². The monoisotopic (exact) mass is 369 g/mol. The van der Waals surface area contributed by atoms with Gasteiger partial charge in [-0.2, -0.15) is 5.10 Å². The number of aliphatic imine (C=N–C) groups is 1. The van der Waals surface area contributed by atoms with Crippen LogP contribution in [0.25, 0.3) is 5.65 Å². The molecule has 8 nitrogen and oxygen atoms in total. The van der Waals surface area contributed by atoms with Crippen LogP contribution in [0, 0.1) is 0 Å². The lowest BCUT2D eigenvalue weighted by molar-refractivity contribution is 0.0672. The van der Waals surface area contributed by atoms with Crippen molar-refractivity contribution in [3.63, 3.8) is 0 Å². The largest absolute Gasteiger partial charge is 0.383 e. The fourth-order valence-electron chi connectivity index (χ4n) is 2.78. The van der Waals surface area contributed by atoms with Crippen LogP contribution in [0.15, 0.2) is 48.0 Å². The van der Waals surface area contributed by atoms with Gasteiger partial charge in [-0.25, -0.2) is 9.98 Å². The highest BCUT2D eigenvalue weighted by Gasteiger charge is 2.24. The lowest BCUT2D eigenvalue weighted by Crippen LogP contribution is -2.39. The van der Waals surface area contributed by atoms with Crippen LogP contribution in [0.1, 0.15) is 25.1 Å². The number of nitrogens with one attached hydrogen (secondary N) is 2. The van der Waals surface area contributed by atoms with Crippen molar-refractivity contribution in [2.75, 3.05) is 19.6 Å². The van der Waals surface area contributed by atoms with E-state index in [2.05, 4.69) is 25.7 Å². The minimum Gasteiger partial charge on any atom is -0.383 e. The number of pyridine rings is 1. The van der Waals surface area contributed by atoms with Crippen LogP contribution in [-0.2, 0) is 19.1 Å². The Kier molecular flexibility index (Phi) is 5.75. The molecule has 0 spiro atoms. The van der Waals surface area contributed by atoms with Gasteiger partial charge in [0.05, 0.1) is 18.4 Å². The molecule has 0 aliphatic heterocycles. The second-order valence-electron chi connectivity index (χ2n) is 6.75. The van der Waals surface area contributed by atoms with E-state index >= 15 is 0 Å². The number of aliphatic hydroxyl groups is 1. The smallest absolute Gasteiger partial charge is 0.191 e. The Morgan fingerprint density at radius 2 is 2.15 bits per heavy atom. The highest BCUT2D eigenvalue weighted by atomic mass is 16.3. The molecule has 0 radical (unpaired) electrons.